The zero-order chi connectivity index (χ0) is 22.5. The van der Waals surface area contributed by atoms with Crippen molar-refractivity contribution in [2.75, 3.05) is 0 Å². The average Bonchev–Trinajstić information content (AvgIpc) is 2.96. The van der Waals surface area contributed by atoms with Gasteiger partial charge < -0.3 is 0 Å². The van der Waals surface area contributed by atoms with E-state index in [4.69, 9.17) is 0 Å². The molecule has 0 spiro atoms. The van der Waals surface area contributed by atoms with Gasteiger partial charge in [0.15, 0.2) is 0 Å². The second-order valence-corrected chi connectivity index (χ2v) is 10.4. The Morgan fingerprint density at radius 1 is 0.742 bits per heavy atom. The Kier molecular flexibility index (Phi) is 11.3. The molecule has 1 aliphatic heterocycles. The molecule has 0 aromatic heterocycles. The van der Waals surface area contributed by atoms with Gasteiger partial charge in [-0.2, -0.15) is 4.31 Å². The van der Waals surface area contributed by atoms with Gasteiger partial charge in [-0.1, -0.05) is 109 Å². The highest BCUT2D eigenvalue weighted by Crippen LogP contribution is 2.30. The van der Waals surface area contributed by atoms with Crippen LogP contribution in [0.1, 0.15) is 120 Å². The van der Waals surface area contributed by atoms with Crippen LogP contribution in [0.4, 0.5) is 0 Å². The minimum absolute atomic E-state index is 0.0650. The number of carbonyl (C=O) groups excluding carboxylic acids is 2. The summed E-state index contributed by atoms with van der Waals surface area (Å²) in [6.45, 7) is 2.25. The van der Waals surface area contributed by atoms with Crippen LogP contribution in [0.2, 0.25) is 0 Å². The van der Waals surface area contributed by atoms with Gasteiger partial charge in [-0.3, -0.25) is 9.59 Å². The van der Waals surface area contributed by atoms with Crippen LogP contribution in [-0.4, -0.2) is 24.5 Å². The van der Waals surface area contributed by atoms with Crippen LogP contribution in [0.3, 0.4) is 0 Å². The molecule has 0 unspecified atom stereocenters. The van der Waals surface area contributed by atoms with Gasteiger partial charge in [-0.15, -0.1) is 0 Å². The number of amides is 2. The number of hydrogen-bond donors (Lipinski definition) is 0. The summed E-state index contributed by atoms with van der Waals surface area (Å²) in [5.41, 5.74) is 0.0901. The second-order valence-electron chi connectivity index (χ2n) is 8.66. The van der Waals surface area contributed by atoms with E-state index in [1.165, 1.54) is 82.8 Å². The predicted octanol–water partition coefficient (Wildman–Crippen LogP) is 6.62. The third-order valence-electron chi connectivity index (χ3n) is 6.04. The van der Waals surface area contributed by atoms with Crippen LogP contribution in [0, 0.1) is 0 Å². The van der Waals surface area contributed by atoms with Crippen LogP contribution in [-0.2, 0) is 14.8 Å². The smallest absolute Gasteiger partial charge is 0.273 e. The Morgan fingerprint density at radius 2 is 1.19 bits per heavy atom. The van der Waals surface area contributed by atoms with Gasteiger partial charge >= 0.3 is 0 Å². The summed E-state index contributed by atoms with van der Waals surface area (Å²) >= 11 is 0. The normalized spacial score (nSPS) is 14.7. The van der Waals surface area contributed by atoms with Crippen LogP contribution in [0.5, 0.6) is 0 Å². The van der Waals surface area contributed by atoms with E-state index in [9.17, 15) is 18.0 Å². The van der Waals surface area contributed by atoms with Crippen molar-refractivity contribution in [2.45, 2.75) is 115 Å². The molecule has 1 aromatic rings. The van der Waals surface area contributed by atoms with Crippen molar-refractivity contribution in [3.05, 3.63) is 29.8 Å². The first-order chi connectivity index (χ1) is 15.0. The molecule has 5 nitrogen and oxygen atoms in total. The summed E-state index contributed by atoms with van der Waals surface area (Å²) in [5.74, 6) is -1.34. The van der Waals surface area contributed by atoms with Crippen molar-refractivity contribution in [2.24, 2.45) is 0 Å². The van der Waals surface area contributed by atoms with Crippen LogP contribution in [0.25, 0.3) is 0 Å². The monoisotopic (exact) mass is 449 g/mol. The minimum Gasteiger partial charge on any atom is -0.273 e. The molecule has 0 fully saturated rings. The second kappa shape index (κ2) is 13.7. The predicted molar refractivity (Wildman–Crippen MR) is 124 cm³/mol. The molecule has 2 amide bonds. The standard InChI is InChI=1S/C25H39NO4S/c1-2-3-4-5-6-7-8-9-10-11-12-13-14-15-16-21-24(27)26-25(28)22-19-17-18-20-23(22)31(26,29)30/h17-20H,2-16,21H2,1H3. The number of fused-ring (bicyclic) bond motifs is 1. The number of sulfonamides is 1. The fourth-order valence-corrected chi connectivity index (χ4v) is 5.74. The Bertz CT molecular complexity index is 803. The maximum absolute atomic E-state index is 12.5. The molecule has 174 valence electrons. The summed E-state index contributed by atoms with van der Waals surface area (Å²) in [6, 6.07) is 6.00. The number of unbranched alkanes of at least 4 members (excludes halogenated alkanes) is 14. The van der Waals surface area contributed by atoms with Crippen molar-refractivity contribution in [3.8, 4) is 0 Å². The van der Waals surface area contributed by atoms with E-state index in [1.807, 2.05) is 0 Å². The zero-order valence-electron chi connectivity index (χ0n) is 19.1. The fourth-order valence-electron chi connectivity index (χ4n) is 4.18. The lowest BCUT2D eigenvalue weighted by atomic mass is 10.0. The first-order valence-electron chi connectivity index (χ1n) is 12.2. The molecule has 0 atom stereocenters. The highest BCUT2D eigenvalue weighted by Gasteiger charge is 2.44. The third-order valence-corrected chi connectivity index (χ3v) is 7.80. The quantitative estimate of drug-likeness (QED) is 0.266. The van der Waals surface area contributed by atoms with Crippen LogP contribution >= 0.6 is 0 Å². The van der Waals surface area contributed by atoms with Crippen molar-refractivity contribution >= 4 is 21.8 Å². The highest BCUT2D eigenvalue weighted by molar-refractivity contribution is 7.90. The SMILES string of the molecule is CCCCCCCCCCCCCCCCCC(=O)N1C(=O)c2ccccc2S1(=O)=O. The largest absolute Gasteiger partial charge is 0.276 e. The Labute approximate surface area is 188 Å². The van der Waals surface area contributed by atoms with Gasteiger partial charge in [0, 0.05) is 6.42 Å². The molecule has 0 saturated carbocycles. The van der Waals surface area contributed by atoms with Crippen molar-refractivity contribution in [1.29, 1.82) is 0 Å². The zero-order valence-corrected chi connectivity index (χ0v) is 19.9. The molecule has 1 aliphatic rings. The highest BCUT2D eigenvalue weighted by atomic mass is 32.2. The van der Waals surface area contributed by atoms with Gasteiger partial charge in [0.2, 0.25) is 5.91 Å². The van der Waals surface area contributed by atoms with Crippen molar-refractivity contribution < 1.29 is 18.0 Å². The number of nitrogens with zero attached hydrogens (tertiary/aromatic N) is 1. The number of imide groups is 1. The summed E-state index contributed by atoms with van der Waals surface area (Å²) in [7, 11) is -4.03. The van der Waals surface area contributed by atoms with E-state index in [1.54, 1.807) is 12.1 Å². The number of carbonyl (C=O) groups is 2. The molecule has 31 heavy (non-hydrogen) atoms. The lowest BCUT2D eigenvalue weighted by Gasteiger charge is -2.12. The van der Waals surface area contributed by atoms with E-state index in [2.05, 4.69) is 6.92 Å². The van der Waals surface area contributed by atoms with Gasteiger partial charge in [-0.25, -0.2) is 8.42 Å². The summed E-state index contributed by atoms with van der Waals surface area (Å²) in [5, 5.41) is 0. The lowest BCUT2D eigenvalue weighted by Crippen LogP contribution is -2.36. The third kappa shape index (κ3) is 7.74. The molecule has 0 radical (unpaired) electrons. The molecule has 0 bridgehead atoms. The first-order valence-corrected chi connectivity index (χ1v) is 13.7. The molecular weight excluding hydrogens is 410 g/mol. The summed E-state index contributed by atoms with van der Waals surface area (Å²) in [4.78, 5) is 24.7. The molecule has 0 saturated heterocycles. The van der Waals surface area contributed by atoms with Crippen LogP contribution in [0.15, 0.2) is 29.2 Å². The lowest BCUT2D eigenvalue weighted by molar-refractivity contribution is -0.124. The van der Waals surface area contributed by atoms with Crippen LogP contribution < -0.4 is 0 Å². The van der Waals surface area contributed by atoms with Gasteiger partial charge in [0.05, 0.1) is 5.56 Å². The van der Waals surface area contributed by atoms with E-state index in [0.717, 1.165) is 19.3 Å². The van der Waals surface area contributed by atoms with E-state index < -0.39 is 21.8 Å². The van der Waals surface area contributed by atoms with Crippen molar-refractivity contribution in [1.82, 2.24) is 4.31 Å². The maximum atomic E-state index is 12.5. The fraction of sp³-hybridized carbons (Fsp3) is 0.680. The molecular formula is C25H39NO4S. The Morgan fingerprint density at radius 3 is 1.68 bits per heavy atom. The maximum Gasteiger partial charge on any atom is 0.276 e. The number of rotatable bonds is 16. The summed E-state index contributed by atoms with van der Waals surface area (Å²) < 4.78 is 25.4. The van der Waals surface area contributed by atoms with Gasteiger partial charge in [-0.05, 0) is 18.6 Å². The minimum atomic E-state index is -4.03. The molecule has 6 heteroatoms. The van der Waals surface area contributed by atoms with E-state index >= 15 is 0 Å². The Hall–Kier alpha value is -1.69. The van der Waals surface area contributed by atoms with Crippen molar-refractivity contribution in [3.63, 3.8) is 0 Å². The van der Waals surface area contributed by atoms with Gasteiger partial charge in [0.25, 0.3) is 15.9 Å². The number of hydrogen-bond acceptors (Lipinski definition) is 4. The van der Waals surface area contributed by atoms with E-state index in [0.29, 0.717) is 10.7 Å². The molecule has 1 aromatic carbocycles. The number of benzene rings is 1. The molecule has 0 aliphatic carbocycles. The Balaban J connectivity index is 1.50. The molecule has 1 heterocycles. The van der Waals surface area contributed by atoms with E-state index in [-0.39, 0.29) is 16.9 Å². The molecule has 2 rings (SSSR count). The average molecular weight is 450 g/mol. The first kappa shape index (κ1) is 25.6. The molecule has 0 N–H and O–H groups in total. The van der Waals surface area contributed by atoms with Gasteiger partial charge in [0.1, 0.15) is 4.90 Å². The topological polar surface area (TPSA) is 71.5 Å². The summed E-state index contributed by atoms with van der Waals surface area (Å²) in [6.07, 6.45) is 18.5.